The minimum atomic E-state index is -0.782. The number of thioether (sulfide) groups is 1. The lowest BCUT2D eigenvalue weighted by atomic mass is 10.0. The number of ether oxygens (including phenoxy) is 1. The molecule has 20 heavy (non-hydrogen) atoms. The number of hydrogen-bond donors (Lipinski definition) is 1. The number of methoxy groups -OCH3 is 1. The Bertz CT molecular complexity index is 602. The molecule has 2 rings (SSSR count). The van der Waals surface area contributed by atoms with Crippen molar-refractivity contribution < 1.29 is 9.84 Å². The third kappa shape index (κ3) is 3.31. The standard InChI is InChI=1S/C15H14BrClO2S/c1-19-15-12(7-10(17)8-13(15)16)14(18)9-3-5-11(20-2)6-4-9/h3-8,14,18H,1-2H3. The number of halogens is 2. The van der Waals surface area contributed by atoms with E-state index in [1.165, 1.54) is 0 Å². The topological polar surface area (TPSA) is 29.5 Å². The van der Waals surface area contributed by atoms with Gasteiger partial charge in [-0.1, -0.05) is 23.7 Å². The van der Waals surface area contributed by atoms with Gasteiger partial charge in [-0.3, -0.25) is 0 Å². The van der Waals surface area contributed by atoms with E-state index in [1.54, 1.807) is 31.0 Å². The number of aliphatic hydroxyl groups is 1. The Hall–Kier alpha value is -0.680. The minimum absolute atomic E-state index is 0.549. The number of hydrogen-bond acceptors (Lipinski definition) is 3. The van der Waals surface area contributed by atoms with Crippen molar-refractivity contribution in [2.45, 2.75) is 11.0 Å². The summed E-state index contributed by atoms with van der Waals surface area (Å²) in [5.41, 5.74) is 1.44. The summed E-state index contributed by atoms with van der Waals surface area (Å²) in [6.45, 7) is 0. The van der Waals surface area contributed by atoms with Gasteiger partial charge in [0.25, 0.3) is 0 Å². The van der Waals surface area contributed by atoms with Crippen molar-refractivity contribution in [1.82, 2.24) is 0 Å². The summed E-state index contributed by atoms with van der Waals surface area (Å²) in [5.74, 6) is 0.593. The van der Waals surface area contributed by atoms with Crippen molar-refractivity contribution in [3.63, 3.8) is 0 Å². The molecule has 0 spiro atoms. The van der Waals surface area contributed by atoms with Crippen LogP contribution in [0.5, 0.6) is 5.75 Å². The fourth-order valence-corrected chi connectivity index (χ4v) is 3.37. The Morgan fingerprint density at radius 3 is 2.45 bits per heavy atom. The zero-order valence-electron chi connectivity index (χ0n) is 11.1. The molecule has 0 amide bonds. The van der Waals surface area contributed by atoms with Gasteiger partial charge < -0.3 is 9.84 Å². The van der Waals surface area contributed by atoms with Crippen LogP contribution in [-0.2, 0) is 0 Å². The van der Waals surface area contributed by atoms with Crippen molar-refractivity contribution >= 4 is 39.3 Å². The first-order valence-electron chi connectivity index (χ1n) is 5.91. The van der Waals surface area contributed by atoms with Crippen LogP contribution in [0.4, 0.5) is 0 Å². The van der Waals surface area contributed by atoms with E-state index in [0.717, 1.165) is 14.9 Å². The molecule has 0 bridgehead atoms. The second-order valence-electron chi connectivity index (χ2n) is 4.19. The van der Waals surface area contributed by atoms with Gasteiger partial charge in [0.2, 0.25) is 0 Å². The van der Waals surface area contributed by atoms with Gasteiger partial charge >= 0.3 is 0 Å². The molecule has 1 unspecified atom stereocenters. The van der Waals surface area contributed by atoms with Crippen LogP contribution in [0.3, 0.4) is 0 Å². The average Bonchev–Trinajstić information content (AvgIpc) is 2.46. The van der Waals surface area contributed by atoms with E-state index in [2.05, 4.69) is 15.9 Å². The fraction of sp³-hybridized carbons (Fsp3) is 0.200. The number of aliphatic hydroxyl groups excluding tert-OH is 1. The summed E-state index contributed by atoms with van der Waals surface area (Å²) in [7, 11) is 1.57. The van der Waals surface area contributed by atoms with Crippen LogP contribution in [0, 0.1) is 0 Å². The minimum Gasteiger partial charge on any atom is -0.495 e. The lowest BCUT2D eigenvalue weighted by Crippen LogP contribution is -2.03. The van der Waals surface area contributed by atoms with Gasteiger partial charge in [-0.05, 0) is 52.0 Å². The monoisotopic (exact) mass is 372 g/mol. The quantitative estimate of drug-likeness (QED) is 0.772. The molecule has 1 N–H and O–H groups in total. The first-order chi connectivity index (χ1) is 9.56. The van der Waals surface area contributed by atoms with E-state index >= 15 is 0 Å². The molecule has 2 nitrogen and oxygen atoms in total. The average molecular weight is 374 g/mol. The maximum atomic E-state index is 10.6. The zero-order chi connectivity index (χ0) is 14.7. The maximum Gasteiger partial charge on any atom is 0.139 e. The molecule has 0 radical (unpaired) electrons. The molecule has 2 aromatic carbocycles. The molecule has 0 aromatic heterocycles. The Balaban J connectivity index is 2.43. The second-order valence-corrected chi connectivity index (χ2v) is 6.36. The number of benzene rings is 2. The zero-order valence-corrected chi connectivity index (χ0v) is 14.2. The van der Waals surface area contributed by atoms with Crippen LogP contribution < -0.4 is 4.74 Å². The van der Waals surface area contributed by atoms with Crippen LogP contribution in [0.25, 0.3) is 0 Å². The van der Waals surface area contributed by atoms with Crippen LogP contribution in [0.2, 0.25) is 5.02 Å². The molecule has 1 atom stereocenters. The lowest BCUT2D eigenvalue weighted by Gasteiger charge is -2.17. The summed E-state index contributed by atoms with van der Waals surface area (Å²) in [6, 6.07) is 11.2. The van der Waals surface area contributed by atoms with Crippen molar-refractivity contribution in [3.8, 4) is 5.75 Å². The van der Waals surface area contributed by atoms with Crippen molar-refractivity contribution in [3.05, 3.63) is 57.0 Å². The molecular formula is C15H14BrClO2S. The van der Waals surface area contributed by atoms with E-state index in [0.29, 0.717) is 16.3 Å². The molecule has 0 saturated heterocycles. The van der Waals surface area contributed by atoms with Crippen LogP contribution in [0.15, 0.2) is 45.8 Å². The smallest absolute Gasteiger partial charge is 0.139 e. The van der Waals surface area contributed by atoms with Crippen molar-refractivity contribution in [2.24, 2.45) is 0 Å². The van der Waals surface area contributed by atoms with Gasteiger partial charge in [-0.25, -0.2) is 0 Å². The van der Waals surface area contributed by atoms with Crippen molar-refractivity contribution in [2.75, 3.05) is 13.4 Å². The van der Waals surface area contributed by atoms with E-state index in [-0.39, 0.29) is 0 Å². The maximum absolute atomic E-state index is 10.6. The SMILES string of the molecule is COc1c(Br)cc(Cl)cc1C(O)c1ccc(SC)cc1. The lowest BCUT2D eigenvalue weighted by molar-refractivity contribution is 0.214. The molecule has 0 heterocycles. The Kier molecular flexibility index (Phi) is 5.38. The molecule has 0 fully saturated rings. The largest absolute Gasteiger partial charge is 0.495 e. The Morgan fingerprint density at radius 1 is 1.25 bits per heavy atom. The van der Waals surface area contributed by atoms with E-state index in [9.17, 15) is 5.11 Å². The van der Waals surface area contributed by atoms with Gasteiger partial charge in [0, 0.05) is 15.5 Å². The van der Waals surface area contributed by atoms with Gasteiger partial charge in [0.15, 0.2) is 0 Å². The summed E-state index contributed by atoms with van der Waals surface area (Å²) in [4.78, 5) is 1.15. The highest BCUT2D eigenvalue weighted by Gasteiger charge is 2.18. The van der Waals surface area contributed by atoms with Gasteiger partial charge in [0.05, 0.1) is 11.6 Å². The highest BCUT2D eigenvalue weighted by Crippen LogP contribution is 2.38. The highest BCUT2D eigenvalue weighted by atomic mass is 79.9. The number of rotatable bonds is 4. The predicted molar refractivity (Wildman–Crippen MR) is 88.0 cm³/mol. The molecule has 0 aliphatic rings. The normalized spacial score (nSPS) is 12.2. The molecular weight excluding hydrogens is 360 g/mol. The van der Waals surface area contributed by atoms with Crippen LogP contribution in [-0.4, -0.2) is 18.5 Å². The second kappa shape index (κ2) is 6.85. The van der Waals surface area contributed by atoms with Crippen LogP contribution in [0.1, 0.15) is 17.2 Å². The molecule has 5 heteroatoms. The first-order valence-corrected chi connectivity index (χ1v) is 8.31. The van der Waals surface area contributed by atoms with E-state index in [1.807, 2.05) is 30.5 Å². The molecule has 2 aromatic rings. The molecule has 106 valence electrons. The third-order valence-corrected chi connectivity index (χ3v) is 4.52. The van der Waals surface area contributed by atoms with Crippen LogP contribution >= 0.6 is 39.3 Å². The summed E-state index contributed by atoms with van der Waals surface area (Å²) in [5, 5.41) is 11.1. The predicted octanol–water partition coefficient (Wildman–Crippen LogP) is 4.91. The van der Waals surface area contributed by atoms with Gasteiger partial charge in [-0.2, -0.15) is 0 Å². The molecule has 0 aliphatic heterocycles. The molecule has 0 saturated carbocycles. The highest BCUT2D eigenvalue weighted by molar-refractivity contribution is 9.10. The first kappa shape index (κ1) is 15.7. The Morgan fingerprint density at radius 2 is 1.90 bits per heavy atom. The summed E-state index contributed by atoms with van der Waals surface area (Å²) < 4.78 is 6.07. The Labute approximate surface area is 136 Å². The van der Waals surface area contributed by atoms with E-state index < -0.39 is 6.10 Å². The van der Waals surface area contributed by atoms with Crippen molar-refractivity contribution in [1.29, 1.82) is 0 Å². The van der Waals surface area contributed by atoms with E-state index in [4.69, 9.17) is 16.3 Å². The van der Waals surface area contributed by atoms with Gasteiger partial charge in [0.1, 0.15) is 11.9 Å². The molecule has 0 aliphatic carbocycles. The third-order valence-electron chi connectivity index (χ3n) is 2.97. The fourth-order valence-electron chi connectivity index (χ4n) is 1.96. The van der Waals surface area contributed by atoms with Gasteiger partial charge in [-0.15, -0.1) is 11.8 Å². The summed E-state index contributed by atoms with van der Waals surface area (Å²) in [6.07, 6.45) is 1.23. The summed E-state index contributed by atoms with van der Waals surface area (Å²) >= 11 is 11.1.